The molecule has 0 aromatic heterocycles. The molecule has 1 rings (SSSR count). The van der Waals surface area contributed by atoms with E-state index in [0.29, 0.717) is 12.0 Å². The number of benzene rings is 1. The summed E-state index contributed by atoms with van der Waals surface area (Å²) >= 11 is 0. The van der Waals surface area contributed by atoms with Crippen molar-refractivity contribution in [3.63, 3.8) is 0 Å². The van der Waals surface area contributed by atoms with E-state index in [0.717, 1.165) is 12.8 Å². The molecular weight excluding hydrogens is 528 g/mol. The quantitative estimate of drug-likeness (QED) is 0.0562. The van der Waals surface area contributed by atoms with Gasteiger partial charge in [-0.05, 0) is 24.5 Å². The van der Waals surface area contributed by atoms with Gasteiger partial charge in [-0.15, -0.1) is 0 Å². The SMILES string of the molecule is CCCCCCCCCCCCCCCCCCCCCCCCCCCCc1ccccc1S(=O)(=O)[O-].[K+]. The maximum Gasteiger partial charge on any atom is 1.00 e. The zero-order chi connectivity index (χ0) is 27.6. The van der Waals surface area contributed by atoms with Crippen molar-refractivity contribution in [2.75, 3.05) is 0 Å². The molecule has 0 unspecified atom stereocenters. The molecule has 1 aromatic carbocycles. The molecule has 3 nitrogen and oxygen atoms in total. The Bertz CT molecular complexity index is 751. The monoisotopic (exact) mass is 588 g/mol. The molecule has 5 heteroatoms. The van der Waals surface area contributed by atoms with E-state index >= 15 is 0 Å². The molecule has 1 aromatic rings. The molecule has 0 amide bonds. The maximum absolute atomic E-state index is 11.3. The summed E-state index contributed by atoms with van der Waals surface area (Å²) in [6.45, 7) is 2.29. The normalized spacial score (nSPS) is 11.5. The van der Waals surface area contributed by atoms with E-state index in [-0.39, 0.29) is 56.3 Å². The fourth-order valence-electron chi connectivity index (χ4n) is 5.59. The van der Waals surface area contributed by atoms with Crippen LogP contribution in [0.5, 0.6) is 0 Å². The smallest absolute Gasteiger partial charge is 0.744 e. The largest absolute Gasteiger partial charge is 1.00 e. The summed E-state index contributed by atoms with van der Waals surface area (Å²) in [6, 6.07) is 6.63. The van der Waals surface area contributed by atoms with Gasteiger partial charge in [-0.1, -0.05) is 186 Å². The zero-order valence-electron chi connectivity index (χ0n) is 26.0. The van der Waals surface area contributed by atoms with Crippen LogP contribution in [0.4, 0.5) is 0 Å². The Labute approximate surface area is 286 Å². The molecule has 0 aliphatic rings. The molecule has 0 saturated heterocycles. The first-order valence-electron chi connectivity index (χ1n) is 16.6. The van der Waals surface area contributed by atoms with Crippen LogP contribution in [0.2, 0.25) is 0 Å². The van der Waals surface area contributed by atoms with Crippen molar-refractivity contribution in [1.82, 2.24) is 0 Å². The van der Waals surface area contributed by atoms with Crippen LogP contribution in [0.3, 0.4) is 0 Å². The Morgan fingerprint density at radius 2 is 0.769 bits per heavy atom. The number of hydrogen-bond acceptors (Lipinski definition) is 3. The van der Waals surface area contributed by atoms with E-state index in [2.05, 4.69) is 6.92 Å². The molecule has 0 heterocycles. The van der Waals surface area contributed by atoms with Crippen molar-refractivity contribution in [2.45, 2.75) is 185 Å². The molecule has 0 spiro atoms. The average molecular weight is 589 g/mol. The van der Waals surface area contributed by atoms with Gasteiger partial charge in [0.25, 0.3) is 0 Å². The minimum Gasteiger partial charge on any atom is -0.744 e. The van der Waals surface area contributed by atoms with Gasteiger partial charge in [0, 0.05) is 0 Å². The van der Waals surface area contributed by atoms with E-state index in [9.17, 15) is 13.0 Å². The second-order valence-electron chi connectivity index (χ2n) is 11.7. The van der Waals surface area contributed by atoms with Crippen LogP contribution in [-0.2, 0) is 16.5 Å². The number of aryl methyl sites for hydroxylation is 1. The summed E-state index contributed by atoms with van der Waals surface area (Å²) in [6.07, 6.45) is 36.5. The Kier molecular flexibility index (Phi) is 29.4. The second kappa shape index (κ2) is 28.9. The zero-order valence-corrected chi connectivity index (χ0v) is 30.0. The first-order chi connectivity index (χ1) is 18.6. The molecule has 0 N–H and O–H groups in total. The summed E-state index contributed by atoms with van der Waals surface area (Å²) in [7, 11) is -4.36. The third kappa shape index (κ3) is 25.0. The van der Waals surface area contributed by atoms with E-state index in [1.807, 2.05) is 6.07 Å². The Hall–Kier alpha value is 0.766. The molecule has 0 atom stereocenters. The molecule has 0 saturated carbocycles. The van der Waals surface area contributed by atoms with Crippen LogP contribution in [-0.4, -0.2) is 13.0 Å². The van der Waals surface area contributed by atoms with Crippen LogP contribution in [0.25, 0.3) is 0 Å². The van der Waals surface area contributed by atoms with Crippen molar-refractivity contribution in [1.29, 1.82) is 0 Å². The Morgan fingerprint density at radius 3 is 1.08 bits per heavy atom. The van der Waals surface area contributed by atoms with Crippen molar-refractivity contribution >= 4 is 10.1 Å². The van der Waals surface area contributed by atoms with Gasteiger partial charge in [0.05, 0.1) is 4.90 Å². The topological polar surface area (TPSA) is 57.2 Å². The first kappa shape index (κ1) is 39.8. The van der Waals surface area contributed by atoms with Gasteiger partial charge in [-0.3, -0.25) is 0 Å². The Balaban J connectivity index is 0.0000144. The van der Waals surface area contributed by atoms with Gasteiger partial charge in [0.15, 0.2) is 0 Å². The van der Waals surface area contributed by atoms with E-state index in [1.54, 1.807) is 12.1 Å². The van der Waals surface area contributed by atoms with Crippen molar-refractivity contribution in [3.8, 4) is 0 Å². The predicted octanol–water partition coefficient (Wildman–Crippen LogP) is 8.30. The standard InChI is InChI=1S/C34H62O3S.K/c1-2-3-4-5-6-7-8-9-10-11-12-13-14-15-16-17-18-19-20-21-22-23-24-25-26-27-30-33-31-28-29-32-34(33)38(35,36)37;/h28-29,31-32H,2-27,30H2,1H3,(H,35,36,37);/q;+1/p-1. The van der Waals surface area contributed by atoms with Crippen LogP contribution in [0.1, 0.15) is 179 Å². The van der Waals surface area contributed by atoms with Gasteiger partial charge >= 0.3 is 51.4 Å². The number of hydrogen-bond donors (Lipinski definition) is 0. The summed E-state index contributed by atoms with van der Waals surface area (Å²) in [5.41, 5.74) is 0.673. The fourth-order valence-corrected chi connectivity index (χ4v) is 6.32. The summed E-state index contributed by atoms with van der Waals surface area (Å²) in [5, 5.41) is 0. The number of unbranched alkanes of at least 4 members (excludes halogenated alkanes) is 25. The summed E-state index contributed by atoms with van der Waals surface area (Å²) in [4.78, 5) is -0.0420. The van der Waals surface area contributed by atoms with Gasteiger partial charge in [-0.25, -0.2) is 8.42 Å². The Morgan fingerprint density at radius 1 is 0.487 bits per heavy atom. The molecule has 39 heavy (non-hydrogen) atoms. The third-order valence-electron chi connectivity index (χ3n) is 8.04. The number of rotatable bonds is 28. The van der Waals surface area contributed by atoms with Gasteiger partial charge < -0.3 is 4.55 Å². The van der Waals surface area contributed by atoms with Crippen LogP contribution in [0, 0.1) is 0 Å². The van der Waals surface area contributed by atoms with Crippen molar-refractivity contribution < 1.29 is 64.4 Å². The molecule has 0 radical (unpaired) electrons. The minimum absolute atomic E-state index is 0. The summed E-state index contributed by atoms with van der Waals surface area (Å²) < 4.78 is 34.0. The molecular formula is C34H61KO3S. The predicted molar refractivity (Wildman–Crippen MR) is 164 cm³/mol. The first-order valence-corrected chi connectivity index (χ1v) is 18.0. The molecule has 0 aliphatic heterocycles. The third-order valence-corrected chi connectivity index (χ3v) is 8.98. The fraction of sp³-hybridized carbons (Fsp3) is 0.824. The molecule has 0 fully saturated rings. The van der Waals surface area contributed by atoms with Crippen LogP contribution < -0.4 is 51.4 Å². The van der Waals surface area contributed by atoms with E-state index in [1.165, 1.54) is 160 Å². The average Bonchev–Trinajstić information content (AvgIpc) is 2.90. The van der Waals surface area contributed by atoms with Gasteiger partial charge in [0.2, 0.25) is 0 Å². The molecule has 0 aliphatic carbocycles. The molecule has 0 bridgehead atoms. The minimum atomic E-state index is -4.36. The van der Waals surface area contributed by atoms with E-state index in [4.69, 9.17) is 0 Å². The van der Waals surface area contributed by atoms with Crippen LogP contribution in [0.15, 0.2) is 29.2 Å². The summed E-state index contributed by atoms with van der Waals surface area (Å²) in [5.74, 6) is 0. The van der Waals surface area contributed by atoms with Crippen molar-refractivity contribution in [3.05, 3.63) is 29.8 Å². The van der Waals surface area contributed by atoms with E-state index < -0.39 is 10.1 Å². The van der Waals surface area contributed by atoms with Crippen LogP contribution >= 0.6 is 0 Å². The maximum atomic E-state index is 11.3. The second-order valence-corrected chi connectivity index (χ2v) is 13.0. The van der Waals surface area contributed by atoms with Gasteiger partial charge in [0.1, 0.15) is 10.1 Å². The van der Waals surface area contributed by atoms with Crippen molar-refractivity contribution in [2.24, 2.45) is 0 Å². The van der Waals surface area contributed by atoms with Gasteiger partial charge in [-0.2, -0.15) is 0 Å². The molecule has 222 valence electrons.